The quantitative estimate of drug-likeness (QED) is 0.600. The second-order valence-corrected chi connectivity index (χ2v) is 4.61. The van der Waals surface area contributed by atoms with Crippen LogP contribution in [0.15, 0.2) is 41.5 Å². The Hall–Kier alpha value is -3.16. The molecule has 0 unspecified atom stereocenters. The van der Waals surface area contributed by atoms with Crippen LogP contribution in [0.5, 0.6) is 11.5 Å². The Morgan fingerprint density at radius 1 is 1.25 bits per heavy atom. The monoisotopic (exact) mass is 336 g/mol. The maximum Gasteiger partial charge on any atom is 0.341 e. The molecule has 2 rings (SSSR count). The van der Waals surface area contributed by atoms with E-state index in [0.29, 0.717) is 11.3 Å². The number of carboxylic acids is 1. The summed E-state index contributed by atoms with van der Waals surface area (Å²) >= 11 is 0. The summed E-state index contributed by atoms with van der Waals surface area (Å²) in [6.07, 6.45) is 1.32. The van der Waals surface area contributed by atoms with Gasteiger partial charge >= 0.3 is 5.97 Å². The Balaban J connectivity index is 2.17. The number of halogens is 2. The first kappa shape index (κ1) is 17.2. The average Bonchev–Trinajstić information content (AvgIpc) is 2.52. The molecule has 0 saturated carbocycles. The number of carboxylic acid groups (broad SMARTS) is 1. The van der Waals surface area contributed by atoms with Crippen molar-refractivity contribution in [2.45, 2.75) is 0 Å². The molecule has 6 nitrogen and oxygen atoms in total. The van der Waals surface area contributed by atoms with E-state index in [1.54, 1.807) is 12.1 Å². The van der Waals surface area contributed by atoms with Crippen LogP contribution in [0.25, 0.3) is 0 Å². The van der Waals surface area contributed by atoms with E-state index in [1.165, 1.54) is 19.4 Å². The van der Waals surface area contributed by atoms with Gasteiger partial charge in [-0.25, -0.2) is 13.6 Å². The highest BCUT2D eigenvalue weighted by Crippen LogP contribution is 2.23. The molecule has 0 fully saturated rings. The third-order valence-electron chi connectivity index (χ3n) is 2.83. The van der Waals surface area contributed by atoms with Crippen molar-refractivity contribution in [3.05, 3.63) is 53.6 Å². The van der Waals surface area contributed by atoms with Crippen molar-refractivity contribution in [1.82, 2.24) is 0 Å². The summed E-state index contributed by atoms with van der Waals surface area (Å²) in [4.78, 5) is 10.6. The zero-order valence-electron chi connectivity index (χ0n) is 12.6. The van der Waals surface area contributed by atoms with Crippen molar-refractivity contribution in [2.75, 3.05) is 19.1 Å². The van der Waals surface area contributed by atoms with Crippen LogP contribution in [0.2, 0.25) is 0 Å². The molecular formula is C16H14F2N2O4. The molecule has 0 aliphatic carbocycles. The van der Waals surface area contributed by atoms with Crippen LogP contribution in [0.1, 0.15) is 5.56 Å². The Morgan fingerprint density at radius 2 is 1.96 bits per heavy atom. The summed E-state index contributed by atoms with van der Waals surface area (Å²) < 4.78 is 36.4. The molecule has 2 aromatic rings. The Morgan fingerprint density at radius 3 is 2.58 bits per heavy atom. The molecule has 0 aliphatic heterocycles. The number of hydrogen-bond acceptors (Lipinski definition) is 5. The van der Waals surface area contributed by atoms with Crippen LogP contribution in [-0.4, -0.2) is 31.0 Å². The van der Waals surface area contributed by atoms with E-state index in [9.17, 15) is 13.6 Å². The third-order valence-corrected chi connectivity index (χ3v) is 2.83. The molecule has 0 bridgehead atoms. The first-order chi connectivity index (χ1) is 11.5. The van der Waals surface area contributed by atoms with Gasteiger partial charge in [0, 0.05) is 11.6 Å². The van der Waals surface area contributed by atoms with Gasteiger partial charge in [-0.05, 0) is 30.3 Å². The number of benzene rings is 2. The number of hydrazone groups is 1. The molecule has 2 N–H and O–H groups in total. The minimum Gasteiger partial charge on any atom is -0.497 e. The largest absolute Gasteiger partial charge is 0.497 e. The van der Waals surface area contributed by atoms with Gasteiger partial charge in [-0.2, -0.15) is 5.10 Å². The number of aliphatic carboxylic acids is 1. The molecule has 0 atom stereocenters. The predicted molar refractivity (Wildman–Crippen MR) is 83.7 cm³/mol. The minimum atomic E-state index is -1.12. The Bertz CT molecular complexity index is 745. The first-order valence-electron chi connectivity index (χ1n) is 6.75. The predicted octanol–water partition coefficient (Wildman–Crippen LogP) is 2.88. The molecule has 0 saturated heterocycles. The number of nitrogens with zero attached hydrogens (tertiary/aromatic N) is 1. The third kappa shape index (κ3) is 4.94. The molecule has 0 aromatic heterocycles. The van der Waals surface area contributed by atoms with Gasteiger partial charge < -0.3 is 14.6 Å². The van der Waals surface area contributed by atoms with E-state index in [4.69, 9.17) is 14.6 Å². The number of rotatable bonds is 7. The van der Waals surface area contributed by atoms with E-state index in [2.05, 4.69) is 10.5 Å². The van der Waals surface area contributed by atoms with Crippen molar-refractivity contribution < 1.29 is 28.2 Å². The lowest BCUT2D eigenvalue weighted by Crippen LogP contribution is -2.10. The van der Waals surface area contributed by atoms with Crippen molar-refractivity contribution in [1.29, 1.82) is 0 Å². The summed E-state index contributed by atoms with van der Waals surface area (Å²) in [7, 11) is 1.47. The molecule has 0 radical (unpaired) electrons. The summed E-state index contributed by atoms with van der Waals surface area (Å²) in [5.41, 5.74) is 3.04. The van der Waals surface area contributed by atoms with Gasteiger partial charge in [0.25, 0.3) is 0 Å². The van der Waals surface area contributed by atoms with Crippen LogP contribution >= 0.6 is 0 Å². The second-order valence-electron chi connectivity index (χ2n) is 4.61. The van der Waals surface area contributed by atoms with Gasteiger partial charge in [0.05, 0.1) is 19.0 Å². The SMILES string of the molecule is COc1ccc(OCC(=O)O)c(C=NNc2cc(F)cc(F)c2)c1. The fourth-order valence-electron chi connectivity index (χ4n) is 1.82. The van der Waals surface area contributed by atoms with Crippen LogP contribution < -0.4 is 14.9 Å². The first-order valence-corrected chi connectivity index (χ1v) is 6.75. The molecule has 24 heavy (non-hydrogen) atoms. The van der Waals surface area contributed by atoms with Gasteiger partial charge in [-0.1, -0.05) is 0 Å². The number of ether oxygens (including phenoxy) is 2. The van der Waals surface area contributed by atoms with E-state index in [0.717, 1.165) is 18.2 Å². The fourth-order valence-corrected chi connectivity index (χ4v) is 1.82. The van der Waals surface area contributed by atoms with Crippen molar-refractivity contribution in [2.24, 2.45) is 5.10 Å². The van der Waals surface area contributed by atoms with Crippen molar-refractivity contribution in [3.63, 3.8) is 0 Å². The molecule has 0 amide bonds. The fraction of sp³-hybridized carbons (Fsp3) is 0.125. The van der Waals surface area contributed by atoms with E-state index in [1.807, 2.05) is 0 Å². The zero-order valence-corrected chi connectivity index (χ0v) is 12.6. The summed E-state index contributed by atoms with van der Waals surface area (Å²) in [6.45, 7) is -0.518. The van der Waals surface area contributed by atoms with Gasteiger partial charge in [0.1, 0.15) is 23.1 Å². The number of methoxy groups -OCH3 is 1. The molecule has 126 valence electrons. The zero-order chi connectivity index (χ0) is 17.5. The number of hydrogen-bond donors (Lipinski definition) is 2. The number of nitrogens with one attached hydrogen (secondary N) is 1. The lowest BCUT2D eigenvalue weighted by Gasteiger charge is -2.09. The van der Waals surface area contributed by atoms with Crippen LogP contribution in [-0.2, 0) is 4.79 Å². The molecule has 8 heteroatoms. The Kier molecular flexibility index (Phi) is 5.67. The normalized spacial score (nSPS) is 10.6. The lowest BCUT2D eigenvalue weighted by molar-refractivity contribution is -0.139. The van der Waals surface area contributed by atoms with Gasteiger partial charge in [0.15, 0.2) is 6.61 Å². The van der Waals surface area contributed by atoms with E-state index < -0.39 is 24.2 Å². The van der Waals surface area contributed by atoms with Crippen molar-refractivity contribution >= 4 is 17.9 Å². The number of anilines is 1. The smallest absolute Gasteiger partial charge is 0.341 e. The molecule has 0 spiro atoms. The minimum absolute atomic E-state index is 0.125. The van der Waals surface area contributed by atoms with Crippen LogP contribution in [0, 0.1) is 11.6 Å². The van der Waals surface area contributed by atoms with Gasteiger partial charge in [0.2, 0.25) is 0 Å². The highest BCUT2D eigenvalue weighted by molar-refractivity contribution is 5.85. The van der Waals surface area contributed by atoms with Crippen molar-refractivity contribution in [3.8, 4) is 11.5 Å². The standard InChI is InChI=1S/C16H14F2N2O4/c1-23-14-2-3-15(24-9-16(21)22)10(4-14)8-19-20-13-6-11(17)5-12(18)7-13/h2-8,20H,9H2,1H3,(H,21,22). The summed E-state index contributed by atoms with van der Waals surface area (Å²) in [6, 6.07) is 7.61. The second kappa shape index (κ2) is 7.91. The van der Waals surface area contributed by atoms with Gasteiger partial charge in [-0.15, -0.1) is 0 Å². The molecule has 0 aliphatic rings. The van der Waals surface area contributed by atoms with E-state index in [-0.39, 0.29) is 11.4 Å². The molecule has 0 heterocycles. The topological polar surface area (TPSA) is 80.2 Å². The number of carbonyl (C=O) groups is 1. The lowest BCUT2D eigenvalue weighted by atomic mass is 10.2. The maximum absolute atomic E-state index is 13.1. The molecular weight excluding hydrogens is 322 g/mol. The average molecular weight is 336 g/mol. The summed E-state index contributed by atoms with van der Waals surface area (Å²) in [5.74, 6) is -1.81. The highest BCUT2D eigenvalue weighted by Gasteiger charge is 2.06. The maximum atomic E-state index is 13.1. The Labute approximate surface area is 136 Å². The van der Waals surface area contributed by atoms with E-state index >= 15 is 0 Å². The van der Waals surface area contributed by atoms with Gasteiger partial charge in [-0.3, -0.25) is 5.43 Å². The van der Waals surface area contributed by atoms with Crippen LogP contribution in [0.3, 0.4) is 0 Å². The molecule has 2 aromatic carbocycles. The summed E-state index contributed by atoms with van der Waals surface area (Å²) in [5, 5.41) is 12.5. The van der Waals surface area contributed by atoms with Crippen LogP contribution in [0.4, 0.5) is 14.5 Å². The highest BCUT2D eigenvalue weighted by atomic mass is 19.1.